The minimum absolute atomic E-state index is 0.0626. The molecule has 3 N–H and O–H groups in total. The average molecular weight is 456 g/mol. The highest BCUT2D eigenvalue weighted by Gasteiger charge is 2.17. The van der Waals surface area contributed by atoms with Gasteiger partial charge in [0.15, 0.2) is 0 Å². The number of hydrogen-bond donors (Lipinski definition) is 3. The van der Waals surface area contributed by atoms with Gasteiger partial charge in [0.1, 0.15) is 6.10 Å². The maximum absolute atomic E-state index is 12.4. The van der Waals surface area contributed by atoms with E-state index in [1.165, 1.54) is 0 Å². The minimum Gasteiger partial charge on any atom is -0.472 e. The third kappa shape index (κ3) is 4.52. The number of aromatic amines is 1. The molecule has 2 aromatic carbocycles. The number of H-pyrrole nitrogens is 1. The first-order valence-corrected chi connectivity index (χ1v) is 11.8. The molecule has 7 heteroatoms. The molecule has 1 fully saturated rings. The topological polar surface area (TPSA) is 91.9 Å². The molecule has 1 saturated heterocycles. The third-order valence-corrected chi connectivity index (χ3v) is 6.26. The maximum Gasteiger partial charge on any atom is 0.251 e. The molecule has 1 unspecified atom stereocenters. The third-order valence-electron chi connectivity index (χ3n) is 6.26. The van der Waals surface area contributed by atoms with Gasteiger partial charge in [-0.25, -0.2) is 4.98 Å². The van der Waals surface area contributed by atoms with E-state index in [2.05, 4.69) is 45.7 Å². The molecule has 0 aliphatic carbocycles. The molecule has 4 aromatic rings. The second-order valence-electron chi connectivity index (χ2n) is 8.68. The summed E-state index contributed by atoms with van der Waals surface area (Å²) in [5, 5.41) is 7.29. The van der Waals surface area contributed by atoms with Crippen molar-refractivity contribution in [2.75, 3.05) is 19.6 Å². The molecule has 1 aliphatic heterocycles. The molecule has 0 spiro atoms. The molecule has 0 bridgehead atoms. The van der Waals surface area contributed by atoms with E-state index in [4.69, 9.17) is 9.72 Å². The summed E-state index contributed by atoms with van der Waals surface area (Å²) in [7, 11) is 0. The summed E-state index contributed by atoms with van der Waals surface area (Å²) in [5.74, 6) is 0.481. The van der Waals surface area contributed by atoms with Gasteiger partial charge in [-0.05, 0) is 74.2 Å². The van der Waals surface area contributed by atoms with Crippen LogP contribution >= 0.6 is 0 Å². The van der Waals surface area contributed by atoms with Crippen LogP contribution in [-0.4, -0.2) is 46.6 Å². The summed E-state index contributed by atoms with van der Waals surface area (Å²) in [6.45, 7) is 6.45. The molecule has 34 heavy (non-hydrogen) atoms. The molecule has 0 saturated carbocycles. The lowest BCUT2D eigenvalue weighted by molar-refractivity contribution is 0.0956. The van der Waals surface area contributed by atoms with Crippen molar-refractivity contribution < 1.29 is 9.53 Å². The standard InChI is InChI=1S/C27H29N5O2/c1-3-30-27(33)19-7-6-17(2)21(12-19)18-8-9-24-22(11-18)23(14-31-24)25-15-29-16-26(32-25)34-20-5-4-10-28-13-20/h6-9,11-12,14-16,20,28,31H,3-5,10,13H2,1-2H3,(H,30,33). The number of amides is 1. The first-order chi connectivity index (χ1) is 16.6. The Kier molecular flexibility index (Phi) is 6.27. The number of nitrogens with zero attached hydrogens (tertiary/aromatic N) is 2. The molecule has 1 aliphatic rings. The lowest BCUT2D eigenvalue weighted by Gasteiger charge is -2.23. The van der Waals surface area contributed by atoms with E-state index in [0.717, 1.165) is 64.8 Å². The van der Waals surface area contributed by atoms with Gasteiger partial charge in [0.25, 0.3) is 5.91 Å². The van der Waals surface area contributed by atoms with Gasteiger partial charge < -0.3 is 20.4 Å². The maximum atomic E-state index is 12.4. The van der Waals surface area contributed by atoms with Gasteiger partial charge in [0.2, 0.25) is 5.88 Å². The fourth-order valence-electron chi connectivity index (χ4n) is 4.46. The van der Waals surface area contributed by atoms with Crippen molar-refractivity contribution in [2.45, 2.75) is 32.8 Å². The van der Waals surface area contributed by atoms with Crippen LogP contribution in [0.1, 0.15) is 35.7 Å². The van der Waals surface area contributed by atoms with Crippen LogP contribution in [0.2, 0.25) is 0 Å². The van der Waals surface area contributed by atoms with Crippen molar-refractivity contribution in [2.24, 2.45) is 0 Å². The van der Waals surface area contributed by atoms with Crippen molar-refractivity contribution in [1.29, 1.82) is 0 Å². The molecule has 1 atom stereocenters. The van der Waals surface area contributed by atoms with E-state index in [1.807, 2.05) is 31.3 Å². The fraction of sp³-hybridized carbons (Fsp3) is 0.296. The lowest BCUT2D eigenvalue weighted by atomic mass is 9.96. The Labute approximate surface area is 199 Å². The summed E-state index contributed by atoms with van der Waals surface area (Å²) in [6.07, 6.45) is 7.64. The van der Waals surface area contributed by atoms with E-state index in [-0.39, 0.29) is 12.0 Å². The Morgan fingerprint density at radius 2 is 2.09 bits per heavy atom. The smallest absolute Gasteiger partial charge is 0.251 e. The van der Waals surface area contributed by atoms with Crippen LogP contribution < -0.4 is 15.4 Å². The Morgan fingerprint density at radius 1 is 1.18 bits per heavy atom. The van der Waals surface area contributed by atoms with Gasteiger partial charge in [-0.1, -0.05) is 12.1 Å². The van der Waals surface area contributed by atoms with Gasteiger partial charge >= 0.3 is 0 Å². The van der Waals surface area contributed by atoms with Crippen LogP contribution in [0.3, 0.4) is 0 Å². The first kappa shape index (κ1) is 22.1. The number of nitrogens with one attached hydrogen (secondary N) is 3. The summed E-state index contributed by atoms with van der Waals surface area (Å²) in [5.41, 5.74) is 6.59. The highest BCUT2D eigenvalue weighted by atomic mass is 16.5. The number of carbonyl (C=O) groups excluding carboxylic acids is 1. The largest absolute Gasteiger partial charge is 0.472 e. The van der Waals surface area contributed by atoms with E-state index in [9.17, 15) is 4.79 Å². The van der Waals surface area contributed by atoms with E-state index in [0.29, 0.717) is 18.0 Å². The van der Waals surface area contributed by atoms with Crippen LogP contribution in [0.15, 0.2) is 55.0 Å². The Balaban J connectivity index is 1.49. The second-order valence-corrected chi connectivity index (χ2v) is 8.68. The summed E-state index contributed by atoms with van der Waals surface area (Å²) >= 11 is 0. The highest BCUT2D eigenvalue weighted by molar-refractivity contribution is 5.99. The number of ether oxygens (including phenoxy) is 1. The molecule has 2 aromatic heterocycles. The fourth-order valence-corrected chi connectivity index (χ4v) is 4.46. The second kappa shape index (κ2) is 9.65. The molecule has 3 heterocycles. The predicted molar refractivity (Wildman–Crippen MR) is 134 cm³/mol. The number of aryl methyl sites for hydroxylation is 1. The van der Waals surface area contributed by atoms with Gasteiger partial charge in [0, 0.05) is 41.3 Å². The highest BCUT2D eigenvalue weighted by Crippen LogP contribution is 2.33. The van der Waals surface area contributed by atoms with E-state index >= 15 is 0 Å². The molecule has 7 nitrogen and oxygen atoms in total. The quantitative estimate of drug-likeness (QED) is 0.399. The van der Waals surface area contributed by atoms with Gasteiger partial charge in [-0.2, -0.15) is 0 Å². The lowest BCUT2D eigenvalue weighted by Crippen LogP contribution is -2.37. The molecule has 0 radical (unpaired) electrons. The van der Waals surface area contributed by atoms with Gasteiger partial charge in [-0.3, -0.25) is 9.78 Å². The average Bonchev–Trinajstić information content (AvgIpc) is 3.29. The van der Waals surface area contributed by atoms with Crippen LogP contribution in [0, 0.1) is 6.92 Å². The summed E-state index contributed by atoms with van der Waals surface area (Å²) < 4.78 is 6.09. The van der Waals surface area contributed by atoms with Gasteiger partial charge in [0.05, 0.1) is 18.1 Å². The Hall–Kier alpha value is -3.71. The molecule has 5 rings (SSSR count). The van der Waals surface area contributed by atoms with Crippen molar-refractivity contribution in [1.82, 2.24) is 25.6 Å². The monoisotopic (exact) mass is 455 g/mol. The van der Waals surface area contributed by atoms with Crippen molar-refractivity contribution in [3.8, 4) is 28.3 Å². The zero-order valence-corrected chi connectivity index (χ0v) is 19.5. The number of carbonyl (C=O) groups is 1. The number of piperidine rings is 1. The molecular formula is C27H29N5O2. The number of aromatic nitrogens is 3. The number of benzene rings is 2. The SMILES string of the molecule is CCNC(=O)c1ccc(C)c(-c2ccc3[nH]cc(-c4cncc(OC5CCCNC5)n4)c3c2)c1. The zero-order valence-electron chi connectivity index (χ0n) is 19.5. The van der Waals surface area contributed by atoms with Gasteiger partial charge in [-0.15, -0.1) is 0 Å². The normalized spacial score (nSPS) is 15.9. The van der Waals surface area contributed by atoms with Crippen LogP contribution in [0.5, 0.6) is 5.88 Å². The summed E-state index contributed by atoms with van der Waals surface area (Å²) in [6, 6.07) is 12.1. The van der Waals surface area contributed by atoms with E-state index in [1.54, 1.807) is 12.4 Å². The van der Waals surface area contributed by atoms with Crippen LogP contribution in [0.25, 0.3) is 33.3 Å². The number of rotatable bonds is 6. The van der Waals surface area contributed by atoms with Crippen molar-refractivity contribution >= 4 is 16.8 Å². The van der Waals surface area contributed by atoms with Crippen LogP contribution in [-0.2, 0) is 0 Å². The van der Waals surface area contributed by atoms with Crippen LogP contribution in [0.4, 0.5) is 0 Å². The minimum atomic E-state index is -0.0626. The van der Waals surface area contributed by atoms with Crippen molar-refractivity contribution in [3.63, 3.8) is 0 Å². The van der Waals surface area contributed by atoms with Crippen molar-refractivity contribution in [3.05, 3.63) is 66.1 Å². The molecule has 1 amide bonds. The Bertz CT molecular complexity index is 1320. The molecular weight excluding hydrogens is 426 g/mol. The summed E-state index contributed by atoms with van der Waals surface area (Å²) in [4.78, 5) is 24.9. The molecule has 174 valence electrons. The zero-order chi connectivity index (χ0) is 23.5. The number of fused-ring (bicyclic) bond motifs is 1. The number of hydrogen-bond acceptors (Lipinski definition) is 5. The van der Waals surface area contributed by atoms with E-state index < -0.39 is 0 Å². The Morgan fingerprint density at radius 3 is 2.91 bits per heavy atom. The predicted octanol–water partition coefficient (Wildman–Crippen LogP) is 4.48. The first-order valence-electron chi connectivity index (χ1n) is 11.8.